The molecule has 0 saturated heterocycles. The number of nitrogens with zero attached hydrogens (tertiary/aromatic N) is 2. The van der Waals surface area contributed by atoms with Crippen molar-refractivity contribution in [3.8, 4) is 28.1 Å². The number of anilines is 1. The molecule has 31 heavy (non-hydrogen) atoms. The van der Waals surface area contributed by atoms with Crippen molar-refractivity contribution in [3.63, 3.8) is 0 Å². The van der Waals surface area contributed by atoms with E-state index in [1.165, 1.54) is 11.3 Å². The third kappa shape index (κ3) is 5.10. The molecule has 1 aromatic heterocycles. The molecular weight excluding hydrogens is 517 g/mol. The summed E-state index contributed by atoms with van der Waals surface area (Å²) in [5.41, 5.74) is 7.69. The number of hydrogen-bond donors (Lipinski definition) is 1. The topological polar surface area (TPSA) is 46.5 Å². The number of halogens is 3. The zero-order valence-electron chi connectivity index (χ0n) is 16.3. The van der Waals surface area contributed by atoms with Gasteiger partial charge in [-0.2, -0.15) is 5.10 Å². The highest BCUT2D eigenvalue weighted by molar-refractivity contribution is 9.10. The van der Waals surface area contributed by atoms with Gasteiger partial charge in [-0.05, 0) is 41.5 Å². The van der Waals surface area contributed by atoms with E-state index in [2.05, 4.69) is 37.5 Å². The minimum atomic E-state index is 0.497. The van der Waals surface area contributed by atoms with Crippen molar-refractivity contribution in [1.29, 1.82) is 0 Å². The minimum Gasteiger partial charge on any atom is -0.496 e. The number of aromatic nitrogens is 1. The van der Waals surface area contributed by atoms with Crippen LogP contribution < -0.4 is 10.2 Å². The van der Waals surface area contributed by atoms with Gasteiger partial charge in [0.05, 0.1) is 29.1 Å². The number of ether oxygens (including phenoxy) is 1. The molecule has 0 saturated carbocycles. The molecule has 4 aromatic rings. The first-order chi connectivity index (χ1) is 15.0. The lowest BCUT2D eigenvalue weighted by Gasteiger charge is -2.09. The van der Waals surface area contributed by atoms with E-state index in [1.54, 1.807) is 25.5 Å². The minimum absolute atomic E-state index is 0.497. The van der Waals surface area contributed by atoms with Crippen molar-refractivity contribution in [2.75, 3.05) is 12.5 Å². The number of hydrogen-bond acceptors (Lipinski definition) is 5. The summed E-state index contributed by atoms with van der Waals surface area (Å²) in [6.07, 6.45) is 1.72. The Kier molecular flexibility index (Phi) is 6.92. The molecule has 0 amide bonds. The lowest BCUT2D eigenvalue weighted by atomic mass is 10.0. The maximum atomic E-state index is 6.11. The average Bonchev–Trinajstić information content (AvgIpc) is 3.25. The molecule has 156 valence electrons. The summed E-state index contributed by atoms with van der Waals surface area (Å²) < 4.78 is 6.51. The van der Waals surface area contributed by atoms with Crippen LogP contribution in [0, 0.1) is 0 Å². The molecule has 0 aliphatic heterocycles. The molecule has 0 spiro atoms. The van der Waals surface area contributed by atoms with Gasteiger partial charge in [0.25, 0.3) is 0 Å². The molecule has 1 N–H and O–H groups in total. The van der Waals surface area contributed by atoms with E-state index >= 15 is 0 Å². The van der Waals surface area contributed by atoms with Crippen molar-refractivity contribution in [2.24, 2.45) is 5.10 Å². The molecule has 0 radical (unpaired) electrons. The van der Waals surface area contributed by atoms with E-state index in [0.29, 0.717) is 15.2 Å². The fourth-order valence-electron chi connectivity index (χ4n) is 2.97. The summed E-state index contributed by atoms with van der Waals surface area (Å²) in [6, 6.07) is 19.5. The van der Waals surface area contributed by atoms with Crippen molar-refractivity contribution in [3.05, 3.63) is 86.1 Å². The fourth-order valence-corrected chi connectivity index (χ4v) is 4.45. The second kappa shape index (κ2) is 9.83. The predicted molar refractivity (Wildman–Crippen MR) is 135 cm³/mol. The lowest BCUT2D eigenvalue weighted by molar-refractivity contribution is 0.414. The van der Waals surface area contributed by atoms with Gasteiger partial charge in [0.15, 0.2) is 0 Å². The number of methoxy groups -OCH3 is 1. The standard InChI is InChI=1S/C23H16BrCl2N3OS/c1-30-22-9-7-14(17-4-2-3-5-18(17)24)10-16(22)12-27-29-23-28-21(13-31-23)15-6-8-19(25)20(26)11-15/h2-13H,1H3,(H,28,29)/b27-12+. The zero-order valence-corrected chi connectivity index (χ0v) is 20.2. The van der Waals surface area contributed by atoms with E-state index in [9.17, 15) is 0 Å². The third-order valence-electron chi connectivity index (χ3n) is 4.50. The third-order valence-corrected chi connectivity index (χ3v) is 6.68. The molecule has 0 atom stereocenters. The first-order valence-corrected chi connectivity index (χ1v) is 11.6. The fraction of sp³-hybridized carbons (Fsp3) is 0.0435. The summed E-state index contributed by atoms with van der Waals surface area (Å²) in [4.78, 5) is 4.56. The number of thiazole rings is 1. The highest BCUT2D eigenvalue weighted by atomic mass is 79.9. The zero-order chi connectivity index (χ0) is 21.8. The predicted octanol–water partition coefficient (Wildman–Crippen LogP) is 8.00. The highest BCUT2D eigenvalue weighted by Gasteiger charge is 2.08. The van der Waals surface area contributed by atoms with Gasteiger partial charge in [-0.15, -0.1) is 11.3 Å². The van der Waals surface area contributed by atoms with Gasteiger partial charge >= 0.3 is 0 Å². The second-order valence-corrected chi connectivity index (χ2v) is 9.00. The molecule has 8 heteroatoms. The Hall–Kier alpha value is -2.38. The Morgan fingerprint density at radius 2 is 1.84 bits per heavy atom. The van der Waals surface area contributed by atoms with Crippen LogP contribution in [0.1, 0.15) is 5.56 Å². The van der Waals surface area contributed by atoms with Crippen molar-refractivity contribution >= 4 is 61.8 Å². The van der Waals surface area contributed by atoms with E-state index < -0.39 is 0 Å². The molecule has 0 fully saturated rings. The van der Waals surface area contributed by atoms with Crippen molar-refractivity contribution in [2.45, 2.75) is 0 Å². The van der Waals surface area contributed by atoms with Crippen LogP contribution in [0.15, 0.2) is 75.6 Å². The molecule has 0 aliphatic rings. The summed E-state index contributed by atoms with van der Waals surface area (Å²) in [5.74, 6) is 0.733. The van der Waals surface area contributed by atoms with E-state index in [0.717, 1.165) is 38.2 Å². The summed E-state index contributed by atoms with van der Waals surface area (Å²) in [7, 11) is 1.64. The van der Waals surface area contributed by atoms with Crippen molar-refractivity contribution < 1.29 is 4.74 Å². The van der Waals surface area contributed by atoms with E-state index in [-0.39, 0.29) is 0 Å². The average molecular weight is 533 g/mol. The quantitative estimate of drug-likeness (QED) is 0.202. The number of nitrogens with one attached hydrogen (secondary N) is 1. The first kappa shape index (κ1) is 21.8. The Morgan fingerprint density at radius 3 is 2.61 bits per heavy atom. The Balaban J connectivity index is 1.54. The van der Waals surface area contributed by atoms with Gasteiger partial charge in [0.2, 0.25) is 5.13 Å². The van der Waals surface area contributed by atoms with Gasteiger partial charge in [-0.3, -0.25) is 5.43 Å². The van der Waals surface area contributed by atoms with Gasteiger partial charge in [-0.1, -0.05) is 69.5 Å². The van der Waals surface area contributed by atoms with Crippen LogP contribution >= 0.6 is 50.5 Å². The van der Waals surface area contributed by atoms with Crippen LogP contribution in [0.25, 0.3) is 22.4 Å². The van der Waals surface area contributed by atoms with Crippen molar-refractivity contribution in [1.82, 2.24) is 4.98 Å². The van der Waals surface area contributed by atoms with Crippen LogP contribution in [0.2, 0.25) is 10.0 Å². The Bertz CT molecular complexity index is 1260. The van der Waals surface area contributed by atoms with Gasteiger partial charge in [0.1, 0.15) is 5.75 Å². The molecule has 0 unspecified atom stereocenters. The molecule has 0 bridgehead atoms. The normalized spacial score (nSPS) is 11.1. The van der Waals surface area contributed by atoms with Crippen LogP contribution in [0.5, 0.6) is 5.75 Å². The first-order valence-electron chi connectivity index (χ1n) is 9.18. The molecular formula is C23H16BrCl2N3OS. The molecule has 4 nitrogen and oxygen atoms in total. The largest absolute Gasteiger partial charge is 0.496 e. The maximum absolute atomic E-state index is 6.11. The van der Waals surface area contributed by atoms with Crippen LogP contribution in [0.3, 0.4) is 0 Å². The maximum Gasteiger partial charge on any atom is 0.203 e. The lowest BCUT2D eigenvalue weighted by Crippen LogP contribution is -1.95. The molecule has 4 rings (SSSR count). The van der Waals surface area contributed by atoms with Crippen LogP contribution in [0.4, 0.5) is 5.13 Å². The second-order valence-electron chi connectivity index (χ2n) is 6.47. The molecule has 1 heterocycles. The Morgan fingerprint density at radius 1 is 1.03 bits per heavy atom. The molecule has 3 aromatic carbocycles. The van der Waals surface area contributed by atoms with E-state index in [1.807, 2.05) is 47.8 Å². The smallest absolute Gasteiger partial charge is 0.203 e. The number of rotatable bonds is 6. The van der Waals surface area contributed by atoms with Crippen LogP contribution in [-0.2, 0) is 0 Å². The number of hydrazone groups is 1. The van der Waals surface area contributed by atoms with Gasteiger partial charge in [-0.25, -0.2) is 4.98 Å². The highest BCUT2D eigenvalue weighted by Crippen LogP contribution is 2.32. The SMILES string of the molecule is COc1ccc(-c2ccccc2Br)cc1/C=N/Nc1nc(-c2ccc(Cl)c(Cl)c2)cs1. The molecule has 0 aliphatic carbocycles. The van der Waals surface area contributed by atoms with Crippen LogP contribution in [-0.4, -0.2) is 18.3 Å². The monoisotopic (exact) mass is 531 g/mol. The summed E-state index contributed by atoms with van der Waals surface area (Å²) >= 11 is 17.2. The summed E-state index contributed by atoms with van der Waals surface area (Å²) in [6.45, 7) is 0. The van der Waals surface area contributed by atoms with Gasteiger partial charge < -0.3 is 4.74 Å². The van der Waals surface area contributed by atoms with Gasteiger partial charge in [0, 0.05) is 21.0 Å². The summed E-state index contributed by atoms with van der Waals surface area (Å²) in [5, 5.41) is 7.96. The Labute approximate surface area is 202 Å². The number of benzene rings is 3. The van der Waals surface area contributed by atoms with E-state index in [4.69, 9.17) is 27.9 Å².